The Morgan fingerprint density at radius 3 is 2.76 bits per heavy atom. The first-order valence-corrected chi connectivity index (χ1v) is 7.58. The molecule has 0 saturated carbocycles. The number of rotatable bonds is 3. The number of sulfonamides is 1. The number of halogens is 1. The third kappa shape index (κ3) is 2.37. The van der Waals surface area contributed by atoms with E-state index in [1.165, 1.54) is 10.4 Å². The molecule has 17 heavy (non-hydrogen) atoms. The van der Waals surface area contributed by atoms with Crippen LogP contribution in [0, 0.1) is 12.8 Å². The van der Waals surface area contributed by atoms with E-state index in [2.05, 4.69) is 6.92 Å². The Hall–Kier alpha value is -0.520. The molecule has 1 fully saturated rings. The maximum absolute atomic E-state index is 12.4. The zero-order valence-electron chi connectivity index (χ0n) is 9.94. The van der Waals surface area contributed by atoms with Gasteiger partial charge in [0.05, 0.1) is 5.88 Å². The minimum Gasteiger partial charge on any atom is -0.464 e. The van der Waals surface area contributed by atoms with Crippen LogP contribution in [0.15, 0.2) is 15.4 Å². The highest BCUT2D eigenvalue weighted by atomic mass is 35.5. The SMILES string of the molecule is Cc1oc(CCl)cc1S(=O)(=O)N1CCC(C)C1. The van der Waals surface area contributed by atoms with E-state index < -0.39 is 10.0 Å². The molecule has 2 rings (SSSR count). The van der Waals surface area contributed by atoms with Crippen molar-refractivity contribution in [3.8, 4) is 0 Å². The molecule has 0 spiro atoms. The standard InChI is InChI=1S/C11H16ClNO3S/c1-8-3-4-13(7-8)17(14,15)11-5-10(6-12)16-9(11)2/h5,8H,3-4,6-7H2,1-2H3. The first-order valence-electron chi connectivity index (χ1n) is 5.60. The molecule has 1 aliphatic heterocycles. The summed E-state index contributed by atoms with van der Waals surface area (Å²) in [6.07, 6.45) is 0.915. The summed E-state index contributed by atoms with van der Waals surface area (Å²) in [5, 5.41) is 0. The molecule has 0 aliphatic carbocycles. The van der Waals surface area contributed by atoms with Gasteiger partial charge in [0.1, 0.15) is 16.4 Å². The summed E-state index contributed by atoms with van der Waals surface area (Å²) < 4.78 is 31.5. The molecular weight excluding hydrogens is 262 g/mol. The molecule has 1 saturated heterocycles. The third-order valence-electron chi connectivity index (χ3n) is 3.06. The molecule has 1 aromatic heterocycles. The fourth-order valence-electron chi connectivity index (χ4n) is 2.10. The average Bonchev–Trinajstić information content (AvgIpc) is 2.85. The van der Waals surface area contributed by atoms with E-state index in [1.807, 2.05) is 0 Å². The molecule has 6 heteroatoms. The summed E-state index contributed by atoms with van der Waals surface area (Å²) in [6.45, 7) is 4.89. The van der Waals surface area contributed by atoms with Gasteiger partial charge in [0.15, 0.2) is 0 Å². The van der Waals surface area contributed by atoms with Gasteiger partial charge in [-0.25, -0.2) is 8.42 Å². The number of alkyl halides is 1. The van der Waals surface area contributed by atoms with Crippen molar-refractivity contribution in [2.24, 2.45) is 5.92 Å². The number of hydrogen-bond donors (Lipinski definition) is 0. The second-order valence-electron chi connectivity index (χ2n) is 4.52. The van der Waals surface area contributed by atoms with Gasteiger partial charge >= 0.3 is 0 Å². The van der Waals surface area contributed by atoms with Crippen molar-refractivity contribution in [1.82, 2.24) is 4.31 Å². The molecular formula is C11H16ClNO3S. The quantitative estimate of drug-likeness (QED) is 0.797. The predicted molar refractivity (Wildman–Crippen MR) is 65.5 cm³/mol. The van der Waals surface area contributed by atoms with E-state index in [-0.39, 0.29) is 10.8 Å². The van der Waals surface area contributed by atoms with Gasteiger partial charge in [0.2, 0.25) is 10.0 Å². The normalized spacial score (nSPS) is 22.2. The second kappa shape index (κ2) is 4.63. The van der Waals surface area contributed by atoms with E-state index in [0.717, 1.165) is 6.42 Å². The van der Waals surface area contributed by atoms with Crippen molar-refractivity contribution in [1.29, 1.82) is 0 Å². The highest BCUT2D eigenvalue weighted by Gasteiger charge is 2.33. The van der Waals surface area contributed by atoms with Crippen LogP contribution in [0.25, 0.3) is 0 Å². The number of hydrogen-bond acceptors (Lipinski definition) is 3. The molecule has 1 unspecified atom stereocenters. The topological polar surface area (TPSA) is 50.5 Å². The lowest BCUT2D eigenvalue weighted by Crippen LogP contribution is -2.28. The lowest BCUT2D eigenvalue weighted by Gasteiger charge is -2.14. The summed E-state index contributed by atoms with van der Waals surface area (Å²) in [6, 6.07) is 1.53. The molecule has 1 aromatic rings. The van der Waals surface area contributed by atoms with Crippen LogP contribution in [0.5, 0.6) is 0 Å². The van der Waals surface area contributed by atoms with Gasteiger partial charge in [-0.15, -0.1) is 11.6 Å². The van der Waals surface area contributed by atoms with Crippen molar-refractivity contribution >= 4 is 21.6 Å². The largest absolute Gasteiger partial charge is 0.464 e. The van der Waals surface area contributed by atoms with E-state index in [1.54, 1.807) is 6.92 Å². The number of nitrogens with zero attached hydrogens (tertiary/aromatic N) is 1. The molecule has 96 valence electrons. The van der Waals surface area contributed by atoms with Crippen molar-refractivity contribution in [3.05, 3.63) is 17.6 Å². The molecule has 2 heterocycles. The first-order chi connectivity index (χ1) is 7.95. The Balaban J connectivity index is 2.34. The average molecular weight is 278 g/mol. The Morgan fingerprint density at radius 2 is 2.29 bits per heavy atom. The van der Waals surface area contributed by atoms with Crippen LogP contribution < -0.4 is 0 Å². The maximum atomic E-state index is 12.4. The van der Waals surface area contributed by atoms with Crippen LogP contribution in [-0.2, 0) is 15.9 Å². The zero-order valence-corrected chi connectivity index (χ0v) is 11.5. The first kappa shape index (κ1) is 12.9. The Labute approximate surface area is 107 Å². The number of furan rings is 1. The molecule has 0 bridgehead atoms. The maximum Gasteiger partial charge on any atom is 0.246 e. The molecule has 0 amide bonds. The zero-order chi connectivity index (χ0) is 12.6. The highest BCUT2D eigenvalue weighted by molar-refractivity contribution is 7.89. The van der Waals surface area contributed by atoms with Gasteiger partial charge in [-0.05, 0) is 19.3 Å². The van der Waals surface area contributed by atoms with E-state index in [4.69, 9.17) is 16.0 Å². The minimum absolute atomic E-state index is 0.187. The lowest BCUT2D eigenvalue weighted by molar-refractivity contribution is 0.457. The minimum atomic E-state index is -3.41. The highest BCUT2D eigenvalue weighted by Crippen LogP contribution is 2.28. The van der Waals surface area contributed by atoms with Crippen LogP contribution >= 0.6 is 11.6 Å². The van der Waals surface area contributed by atoms with Crippen LogP contribution in [-0.4, -0.2) is 25.8 Å². The van der Waals surface area contributed by atoms with E-state index >= 15 is 0 Å². The summed E-state index contributed by atoms with van der Waals surface area (Å²) >= 11 is 5.64. The summed E-state index contributed by atoms with van der Waals surface area (Å²) in [5.74, 6) is 1.52. The van der Waals surface area contributed by atoms with Crippen molar-refractivity contribution in [2.75, 3.05) is 13.1 Å². The summed E-state index contributed by atoms with van der Waals surface area (Å²) in [4.78, 5) is 0.252. The van der Waals surface area contributed by atoms with Crippen LogP contribution in [0.2, 0.25) is 0 Å². The smallest absolute Gasteiger partial charge is 0.246 e. The van der Waals surface area contributed by atoms with Gasteiger partial charge < -0.3 is 4.42 Å². The van der Waals surface area contributed by atoms with Gasteiger partial charge in [-0.1, -0.05) is 6.92 Å². The molecule has 4 nitrogen and oxygen atoms in total. The van der Waals surface area contributed by atoms with Crippen LogP contribution in [0.1, 0.15) is 24.9 Å². The van der Waals surface area contributed by atoms with Gasteiger partial charge in [-0.3, -0.25) is 0 Å². The predicted octanol–water partition coefficient (Wildman–Crippen LogP) is 2.36. The van der Waals surface area contributed by atoms with Crippen molar-refractivity contribution in [3.63, 3.8) is 0 Å². The molecule has 0 radical (unpaired) electrons. The lowest BCUT2D eigenvalue weighted by atomic mass is 10.2. The van der Waals surface area contributed by atoms with Crippen molar-refractivity contribution in [2.45, 2.75) is 31.0 Å². The van der Waals surface area contributed by atoms with E-state index in [0.29, 0.717) is 30.5 Å². The summed E-state index contributed by atoms with van der Waals surface area (Å²) in [7, 11) is -3.41. The van der Waals surface area contributed by atoms with E-state index in [9.17, 15) is 8.42 Å². The molecule has 1 aliphatic rings. The summed E-state index contributed by atoms with van der Waals surface area (Å²) in [5.41, 5.74) is 0. The fraction of sp³-hybridized carbons (Fsp3) is 0.636. The van der Waals surface area contributed by atoms with Gasteiger partial charge in [0, 0.05) is 19.2 Å². The fourth-order valence-corrected chi connectivity index (χ4v) is 3.99. The molecule has 0 N–H and O–H groups in total. The van der Waals surface area contributed by atoms with Gasteiger partial charge in [-0.2, -0.15) is 4.31 Å². The Bertz CT molecular complexity index is 509. The third-order valence-corrected chi connectivity index (χ3v) is 5.30. The van der Waals surface area contributed by atoms with Crippen LogP contribution in [0.4, 0.5) is 0 Å². The Morgan fingerprint density at radius 1 is 1.59 bits per heavy atom. The molecule has 1 atom stereocenters. The van der Waals surface area contributed by atoms with Crippen molar-refractivity contribution < 1.29 is 12.8 Å². The number of aryl methyl sites for hydroxylation is 1. The second-order valence-corrected chi connectivity index (χ2v) is 6.70. The van der Waals surface area contributed by atoms with Gasteiger partial charge in [0.25, 0.3) is 0 Å². The van der Waals surface area contributed by atoms with Crippen LogP contribution in [0.3, 0.4) is 0 Å². The Kier molecular flexibility index (Phi) is 3.52. The molecule has 0 aromatic carbocycles. The monoisotopic (exact) mass is 277 g/mol.